The SMILES string of the molecule is COc1ccc(CNC(=O)CCNCCN2CCOCC2)cc1. The molecule has 0 radical (unpaired) electrons. The molecular weight excluding hydrogens is 294 g/mol. The molecule has 0 spiro atoms. The molecule has 6 nitrogen and oxygen atoms in total. The van der Waals surface area contributed by atoms with E-state index in [1.54, 1.807) is 7.11 Å². The van der Waals surface area contributed by atoms with E-state index >= 15 is 0 Å². The quantitative estimate of drug-likeness (QED) is 0.653. The first kappa shape index (κ1) is 17.7. The van der Waals surface area contributed by atoms with Gasteiger partial charge in [0.2, 0.25) is 5.91 Å². The molecule has 0 unspecified atom stereocenters. The second kappa shape index (κ2) is 10.2. The van der Waals surface area contributed by atoms with Crippen molar-refractivity contribution in [3.63, 3.8) is 0 Å². The highest BCUT2D eigenvalue weighted by atomic mass is 16.5. The number of morpholine rings is 1. The van der Waals surface area contributed by atoms with Gasteiger partial charge in [0.15, 0.2) is 0 Å². The Labute approximate surface area is 138 Å². The molecule has 128 valence electrons. The highest BCUT2D eigenvalue weighted by Gasteiger charge is 2.09. The van der Waals surface area contributed by atoms with E-state index in [4.69, 9.17) is 9.47 Å². The number of nitrogens with one attached hydrogen (secondary N) is 2. The third kappa shape index (κ3) is 6.99. The number of carbonyl (C=O) groups excluding carboxylic acids is 1. The van der Waals surface area contributed by atoms with Crippen molar-refractivity contribution in [2.45, 2.75) is 13.0 Å². The Hall–Kier alpha value is -1.63. The zero-order chi connectivity index (χ0) is 16.3. The number of nitrogens with zero attached hydrogens (tertiary/aromatic N) is 1. The van der Waals surface area contributed by atoms with Crippen LogP contribution in [0.2, 0.25) is 0 Å². The van der Waals surface area contributed by atoms with Crippen molar-refractivity contribution in [3.8, 4) is 5.75 Å². The molecular formula is C17H27N3O3. The predicted octanol–water partition coefficient (Wildman–Crippen LogP) is 0.623. The van der Waals surface area contributed by atoms with Gasteiger partial charge in [-0.15, -0.1) is 0 Å². The Balaban J connectivity index is 1.50. The third-order valence-corrected chi connectivity index (χ3v) is 3.89. The van der Waals surface area contributed by atoms with Crippen LogP contribution in [-0.2, 0) is 16.1 Å². The lowest BCUT2D eigenvalue weighted by atomic mass is 10.2. The molecule has 1 saturated heterocycles. The first-order chi connectivity index (χ1) is 11.3. The molecule has 0 bridgehead atoms. The normalized spacial score (nSPS) is 15.3. The van der Waals surface area contributed by atoms with E-state index in [2.05, 4.69) is 15.5 Å². The van der Waals surface area contributed by atoms with Crippen LogP contribution in [0.5, 0.6) is 5.75 Å². The number of carbonyl (C=O) groups is 1. The van der Waals surface area contributed by atoms with E-state index in [1.807, 2.05) is 24.3 Å². The zero-order valence-electron chi connectivity index (χ0n) is 13.8. The van der Waals surface area contributed by atoms with Crippen molar-refractivity contribution < 1.29 is 14.3 Å². The maximum absolute atomic E-state index is 11.8. The summed E-state index contributed by atoms with van der Waals surface area (Å²) in [5, 5.41) is 6.25. The topological polar surface area (TPSA) is 62.8 Å². The average Bonchev–Trinajstić information content (AvgIpc) is 2.61. The van der Waals surface area contributed by atoms with E-state index in [-0.39, 0.29) is 5.91 Å². The Bertz CT molecular complexity index is 459. The second-order valence-corrected chi connectivity index (χ2v) is 5.58. The van der Waals surface area contributed by atoms with Gasteiger partial charge < -0.3 is 20.1 Å². The van der Waals surface area contributed by atoms with Crippen LogP contribution in [-0.4, -0.2) is 63.9 Å². The van der Waals surface area contributed by atoms with Gasteiger partial charge >= 0.3 is 0 Å². The molecule has 6 heteroatoms. The van der Waals surface area contributed by atoms with Crippen molar-refractivity contribution >= 4 is 5.91 Å². The Morgan fingerprint density at radius 1 is 1.22 bits per heavy atom. The van der Waals surface area contributed by atoms with Crippen molar-refractivity contribution in [3.05, 3.63) is 29.8 Å². The van der Waals surface area contributed by atoms with Crippen LogP contribution in [0.3, 0.4) is 0 Å². The van der Waals surface area contributed by atoms with E-state index in [0.717, 1.165) is 50.7 Å². The molecule has 2 N–H and O–H groups in total. The van der Waals surface area contributed by atoms with Crippen LogP contribution in [0, 0.1) is 0 Å². The number of hydrogen-bond donors (Lipinski definition) is 2. The predicted molar refractivity (Wildman–Crippen MR) is 89.6 cm³/mol. The third-order valence-electron chi connectivity index (χ3n) is 3.89. The Morgan fingerprint density at radius 3 is 2.65 bits per heavy atom. The smallest absolute Gasteiger partial charge is 0.221 e. The number of amides is 1. The van der Waals surface area contributed by atoms with Crippen LogP contribution in [0.1, 0.15) is 12.0 Å². The summed E-state index contributed by atoms with van der Waals surface area (Å²) in [6.07, 6.45) is 0.499. The maximum atomic E-state index is 11.8. The van der Waals surface area contributed by atoms with Crippen LogP contribution in [0.25, 0.3) is 0 Å². The fraction of sp³-hybridized carbons (Fsp3) is 0.588. The number of methoxy groups -OCH3 is 1. The highest BCUT2D eigenvalue weighted by molar-refractivity contribution is 5.76. The fourth-order valence-corrected chi connectivity index (χ4v) is 2.42. The first-order valence-corrected chi connectivity index (χ1v) is 8.18. The number of hydrogen-bond acceptors (Lipinski definition) is 5. The van der Waals surface area contributed by atoms with Crippen molar-refractivity contribution in [1.82, 2.24) is 15.5 Å². The summed E-state index contributed by atoms with van der Waals surface area (Å²) in [6.45, 7) is 6.84. The second-order valence-electron chi connectivity index (χ2n) is 5.58. The Kier molecular flexibility index (Phi) is 7.86. The van der Waals surface area contributed by atoms with Crippen molar-refractivity contribution in [2.24, 2.45) is 0 Å². The molecule has 23 heavy (non-hydrogen) atoms. The van der Waals surface area contributed by atoms with Crippen LogP contribution >= 0.6 is 0 Å². The molecule has 1 amide bonds. The van der Waals surface area contributed by atoms with Gasteiger partial charge in [0.25, 0.3) is 0 Å². The van der Waals surface area contributed by atoms with Crippen molar-refractivity contribution in [1.29, 1.82) is 0 Å². The molecule has 1 aliphatic heterocycles. The van der Waals surface area contributed by atoms with Gasteiger partial charge in [-0.05, 0) is 17.7 Å². The Morgan fingerprint density at radius 2 is 1.96 bits per heavy atom. The van der Waals surface area contributed by atoms with E-state index < -0.39 is 0 Å². The molecule has 0 atom stereocenters. The van der Waals surface area contributed by atoms with E-state index in [1.165, 1.54) is 0 Å². The summed E-state index contributed by atoms with van der Waals surface area (Å²) in [7, 11) is 1.64. The molecule has 1 aromatic rings. The lowest BCUT2D eigenvalue weighted by molar-refractivity contribution is -0.121. The molecule has 1 heterocycles. The van der Waals surface area contributed by atoms with Crippen molar-refractivity contribution in [2.75, 3.05) is 53.0 Å². The average molecular weight is 321 g/mol. The van der Waals surface area contributed by atoms with Gasteiger partial charge in [0.05, 0.1) is 20.3 Å². The van der Waals surface area contributed by atoms with Crippen LogP contribution in [0.15, 0.2) is 24.3 Å². The summed E-state index contributed by atoms with van der Waals surface area (Å²) in [4.78, 5) is 14.2. The van der Waals surface area contributed by atoms with Gasteiger partial charge in [0.1, 0.15) is 5.75 Å². The molecule has 1 aliphatic rings. The van der Waals surface area contributed by atoms with Crippen LogP contribution < -0.4 is 15.4 Å². The van der Waals surface area contributed by atoms with Gasteiger partial charge in [-0.25, -0.2) is 0 Å². The minimum absolute atomic E-state index is 0.0692. The number of rotatable bonds is 9. The van der Waals surface area contributed by atoms with Gasteiger partial charge in [-0.2, -0.15) is 0 Å². The van der Waals surface area contributed by atoms with Gasteiger partial charge in [-0.3, -0.25) is 9.69 Å². The summed E-state index contributed by atoms with van der Waals surface area (Å²) in [5.74, 6) is 0.893. The molecule has 2 rings (SSSR count). The molecule has 1 fully saturated rings. The molecule has 0 saturated carbocycles. The molecule has 0 aromatic heterocycles. The van der Waals surface area contributed by atoms with Gasteiger partial charge in [0, 0.05) is 45.7 Å². The number of ether oxygens (including phenoxy) is 2. The summed E-state index contributed by atoms with van der Waals surface area (Å²) >= 11 is 0. The largest absolute Gasteiger partial charge is 0.497 e. The van der Waals surface area contributed by atoms with Gasteiger partial charge in [-0.1, -0.05) is 12.1 Å². The lowest BCUT2D eigenvalue weighted by Crippen LogP contribution is -2.40. The number of benzene rings is 1. The first-order valence-electron chi connectivity index (χ1n) is 8.18. The lowest BCUT2D eigenvalue weighted by Gasteiger charge is -2.26. The minimum atomic E-state index is 0.0692. The minimum Gasteiger partial charge on any atom is -0.497 e. The van der Waals surface area contributed by atoms with Crippen LogP contribution in [0.4, 0.5) is 0 Å². The van der Waals surface area contributed by atoms with E-state index in [0.29, 0.717) is 19.5 Å². The highest BCUT2D eigenvalue weighted by Crippen LogP contribution is 2.10. The molecule has 1 aromatic carbocycles. The monoisotopic (exact) mass is 321 g/mol. The fourth-order valence-electron chi connectivity index (χ4n) is 2.42. The maximum Gasteiger partial charge on any atom is 0.221 e. The summed E-state index contributed by atoms with van der Waals surface area (Å²) in [5.41, 5.74) is 1.07. The standard InChI is InChI=1S/C17H27N3O3/c1-22-16-4-2-15(3-5-16)14-19-17(21)6-7-18-8-9-20-10-12-23-13-11-20/h2-5,18H,6-14H2,1H3,(H,19,21). The zero-order valence-corrected chi connectivity index (χ0v) is 13.8. The molecule has 0 aliphatic carbocycles. The summed E-state index contributed by atoms with van der Waals surface area (Å²) < 4.78 is 10.4. The summed E-state index contributed by atoms with van der Waals surface area (Å²) in [6, 6.07) is 7.71. The van der Waals surface area contributed by atoms with E-state index in [9.17, 15) is 4.79 Å².